The number of hydrogen-bond donors (Lipinski definition) is 1. The van der Waals surface area contributed by atoms with E-state index in [4.69, 9.17) is 9.84 Å². The highest BCUT2D eigenvalue weighted by Gasteiger charge is 2.22. The van der Waals surface area contributed by atoms with Gasteiger partial charge in [-0.05, 0) is 61.7 Å². The fourth-order valence-electron chi connectivity index (χ4n) is 3.96. The van der Waals surface area contributed by atoms with Gasteiger partial charge in [0.05, 0.1) is 12.8 Å². The van der Waals surface area contributed by atoms with E-state index in [0.29, 0.717) is 18.2 Å². The molecule has 6 heteroatoms. The molecule has 0 radical (unpaired) electrons. The van der Waals surface area contributed by atoms with E-state index in [0.717, 1.165) is 48.5 Å². The molecule has 1 atom stereocenters. The zero-order valence-electron chi connectivity index (χ0n) is 16.6. The zero-order valence-corrected chi connectivity index (χ0v) is 16.6. The zero-order chi connectivity index (χ0) is 20.2. The largest absolute Gasteiger partial charge is 0.497 e. The number of aliphatic hydroxyl groups is 1. The summed E-state index contributed by atoms with van der Waals surface area (Å²) < 4.78 is 21.2. The molecule has 0 amide bonds. The standard InChI is InChI=1S/C23H26FN3O2/c1-29-20-10-8-18(9-11-20)23-19(14-26-12-4-5-17(13-26)16-28)15-27(25-23)22-7-3-2-6-21(22)24/h2-3,6-11,15,17,28H,4-5,12-14,16H2,1H3. The summed E-state index contributed by atoms with van der Waals surface area (Å²) in [5, 5.41) is 14.3. The van der Waals surface area contributed by atoms with Crippen molar-refractivity contribution in [2.45, 2.75) is 19.4 Å². The van der Waals surface area contributed by atoms with E-state index in [1.165, 1.54) is 6.07 Å². The Bertz CT molecular complexity index is 955. The van der Waals surface area contributed by atoms with Crippen LogP contribution in [0.3, 0.4) is 0 Å². The minimum Gasteiger partial charge on any atom is -0.497 e. The molecule has 0 saturated carbocycles. The Morgan fingerprint density at radius 3 is 2.69 bits per heavy atom. The Balaban J connectivity index is 1.70. The Hall–Kier alpha value is -2.70. The van der Waals surface area contributed by atoms with Crippen LogP contribution in [0.15, 0.2) is 54.7 Å². The van der Waals surface area contributed by atoms with E-state index >= 15 is 0 Å². The number of para-hydroxylation sites is 1. The van der Waals surface area contributed by atoms with Crippen LogP contribution in [-0.2, 0) is 6.54 Å². The third-order valence-corrected chi connectivity index (χ3v) is 5.51. The molecular weight excluding hydrogens is 369 g/mol. The normalized spacial score (nSPS) is 17.4. The first-order chi connectivity index (χ1) is 14.2. The van der Waals surface area contributed by atoms with Gasteiger partial charge in [-0.15, -0.1) is 0 Å². The Morgan fingerprint density at radius 2 is 1.97 bits per heavy atom. The number of ether oxygens (including phenoxy) is 1. The Morgan fingerprint density at radius 1 is 1.17 bits per heavy atom. The predicted octanol–water partition coefficient (Wildman–Crippen LogP) is 3.89. The van der Waals surface area contributed by atoms with Crippen LogP contribution in [-0.4, -0.2) is 46.6 Å². The average Bonchev–Trinajstić information content (AvgIpc) is 3.17. The third kappa shape index (κ3) is 4.33. The van der Waals surface area contributed by atoms with Gasteiger partial charge in [-0.3, -0.25) is 4.90 Å². The maximum atomic E-state index is 14.4. The molecule has 1 N–H and O–H groups in total. The van der Waals surface area contributed by atoms with Gasteiger partial charge in [0.15, 0.2) is 0 Å². The van der Waals surface area contributed by atoms with E-state index in [-0.39, 0.29) is 12.4 Å². The minimum atomic E-state index is -0.304. The number of aliphatic hydroxyl groups excluding tert-OH is 1. The molecule has 29 heavy (non-hydrogen) atoms. The van der Waals surface area contributed by atoms with Crippen molar-refractivity contribution in [3.05, 3.63) is 66.1 Å². The Labute approximate surface area is 170 Å². The molecule has 3 aromatic rings. The van der Waals surface area contributed by atoms with Crippen LogP contribution in [0.2, 0.25) is 0 Å². The molecule has 0 aliphatic carbocycles. The summed E-state index contributed by atoms with van der Waals surface area (Å²) in [6.45, 7) is 2.79. The number of halogens is 1. The van der Waals surface area contributed by atoms with Crippen LogP contribution < -0.4 is 4.74 Å². The van der Waals surface area contributed by atoms with E-state index in [9.17, 15) is 9.50 Å². The van der Waals surface area contributed by atoms with Gasteiger partial charge in [0.1, 0.15) is 17.3 Å². The van der Waals surface area contributed by atoms with E-state index in [1.807, 2.05) is 36.5 Å². The average molecular weight is 395 g/mol. The lowest BCUT2D eigenvalue weighted by atomic mass is 9.98. The number of methoxy groups -OCH3 is 1. The van der Waals surface area contributed by atoms with Crippen molar-refractivity contribution < 1.29 is 14.2 Å². The predicted molar refractivity (Wildman–Crippen MR) is 111 cm³/mol. The number of piperidine rings is 1. The van der Waals surface area contributed by atoms with Gasteiger partial charge in [-0.25, -0.2) is 9.07 Å². The number of hydrogen-bond acceptors (Lipinski definition) is 4. The van der Waals surface area contributed by atoms with Gasteiger partial charge in [0.25, 0.3) is 0 Å². The lowest BCUT2D eigenvalue weighted by Crippen LogP contribution is -2.36. The first-order valence-corrected chi connectivity index (χ1v) is 9.99. The summed E-state index contributed by atoms with van der Waals surface area (Å²) in [6, 6.07) is 14.4. The lowest BCUT2D eigenvalue weighted by Gasteiger charge is -2.31. The smallest absolute Gasteiger partial charge is 0.148 e. The SMILES string of the molecule is COc1ccc(-c2nn(-c3ccccc3F)cc2CN2CCCC(CO)C2)cc1. The molecule has 1 saturated heterocycles. The lowest BCUT2D eigenvalue weighted by molar-refractivity contribution is 0.116. The number of rotatable bonds is 6. The second-order valence-electron chi connectivity index (χ2n) is 7.55. The van der Waals surface area contributed by atoms with Crippen LogP contribution in [0.4, 0.5) is 4.39 Å². The summed E-state index contributed by atoms with van der Waals surface area (Å²) in [4.78, 5) is 2.35. The van der Waals surface area contributed by atoms with Crippen LogP contribution in [0.25, 0.3) is 16.9 Å². The highest BCUT2D eigenvalue weighted by Crippen LogP contribution is 2.28. The molecule has 1 unspecified atom stereocenters. The second-order valence-corrected chi connectivity index (χ2v) is 7.55. The van der Waals surface area contributed by atoms with Crippen LogP contribution >= 0.6 is 0 Å². The summed E-state index contributed by atoms with van der Waals surface area (Å²) in [7, 11) is 1.64. The van der Waals surface area contributed by atoms with Crippen molar-refractivity contribution in [2.24, 2.45) is 5.92 Å². The molecule has 4 rings (SSSR count). The highest BCUT2D eigenvalue weighted by atomic mass is 19.1. The minimum absolute atomic E-state index is 0.219. The molecule has 1 aliphatic rings. The second kappa shape index (κ2) is 8.76. The third-order valence-electron chi connectivity index (χ3n) is 5.51. The molecular formula is C23H26FN3O2. The summed E-state index contributed by atoms with van der Waals surface area (Å²) in [5.74, 6) is 0.793. The monoisotopic (exact) mass is 395 g/mol. The highest BCUT2D eigenvalue weighted by molar-refractivity contribution is 5.64. The van der Waals surface area contributed by atoms with Gasteiger partial charge >= 0.3 is 0 Å². The molecule has 1 fully saturated rings. The van der Waals surface area contributed by atoms with Crippen molar-refractivity contribution in [1.82, 2.24) is 14.7 Å². The van der Waals surface area contributed by atoms with Crippen molar-refractivity contribution in [1.29, 1.82) is 0 Å². The molecule has 1 aromatic heterocycles. The fourth-order valence-corrected chi connectivity index (χ4v) is 3.96. The summed E-state index contributed by atoms with van der Waals surface area (Å²) in [5.41, 5.74) is 3.27. The molecule has 5 nitrogen and oxygen atoms in total. The molecule has 2 aromatic carbocycles. The quantitative estimate of drug-likeness (QED) is 0.688. The van der Waals surface area contributed by atoms with Crippen LogP contribution in [0.5, 0.6) is 5.75 Å². The van der Waals surface area contributed by atoms with Crippen LogP contribution in [0, 0.1) is 11.7 Å². The number of benzene rings is 2. The first-order valence-electron chi connectivity index (χ1n) is 9.99. The molecule has 152 valence electrons. The number of aromatic nitrogens is 2. The topological polar surface area (TPSA) is 50.5 Å². The van der Waals surface area contributed by atoms with Gasteiger partial charge < -0.3 is 9.84 Å². The van der Waals surface area contributed by atoms with Crippen molar-refractivity contribution in [3.63, 3.8) is 0 Å². The van der Waals surface area contributed by atoms with Crippen LogP contribution in [0.1, 0.15) is 18.4 Å². The molecule has 0 spiro atoms. The van der Waals surface area contributed by atoms with Gasteiger partial charge in [0.2, 0.25) is 0 Å². The van der Waals surface area contributed by atoms with Crippen molar-refractivity contribution >= 4 is 0 Å². The molecule has 2 heterocycles. The number of likely N-dealkylation sites (tertiary alicyclic amines) is 1. The summed E-state index contributed by atoms with van der Waals surface area (Å²) in [6.07, 6.45) is 4.05. The maximum absolute atomic E-state index is 14.4. The summed E-state index contributed by atoms with van der Waals surface area (Å²) >= 11 is 0. The van der Waals surface area contributed by atoms with Gasteiger partial charge in [0, 0.05) is 37.0 Å². The Kier molecular flexibility index (Phi) is 5.92. The molecule has 0 bridgehead atoms. The van der Waals surface area contributed by atoms with E-state index in [2.05, 4.69) is 4.90 Å². The van der Waals surface area contributed by atoms with E-state index < -0.39 is 0 Å². The van der Waals surface area contributed by atoms with Gasteiger partial charge in [-0.2, -0.15) is 5.10 Å². The van der Waals surface area contributed by atoms with E-state index in [1.54, 1.807) is 23.9 Å². The number of nitrogens with zero attached hydrogens (tertiary/aromatic N) is 3. The molecule has 1 aliphatic heterocycles. The first kappa shape index (κ1) is 19.6. The maximum Gasteiger partial charge on any atom is 0.148 e. The van der Waals surface area contributed by atoms with Crippen molar-refractivity contribution in [3.8, 4) is 22.7 Å². The van der Waals surface area contributed by atoms with Crippen molar-refractivity contribution in [2.75, 3.05) is 26.8 Å². The fraction of sp³-hybridized carbons (Fsp3) is 0.348. The van der Waals surface area contributed by atoms with Gasteiger partial charge in [-0.1, -0.05) is 12.1 Å².